The predicted molar refractivity (Wildman–Crippen MR) is 120 cm³/mol. The molecule has 1 fully saturated rings. The number of benzene rings is 2. The van der Waals surface area contributed by atoms with Crippen molar-refractivity contribution in [2.45, 2.75) is 51.6 Å². The van der Waals surface area contributed by atoms with Crippen molar-refractivity contribution in [3.63, 3.8) is 0 Å². The summed E-state index contributed by atoms with van der Waals surface area (Å²) in [6.07, 6.45) is 7.51. The average molecular weight is 411 g/mol. The van der Waals surface area contributed by atoms with Gasteiger partial charge in [-0.3, -0.25) is 9.98 Å². The molecule has 6 heteroatoms. The zero-order valence-corrected chi connectivity index (χ0v) is 17.6. The SMILES string of the molecule is CCOc1cccc(/C=N/[C@@H]2CCCC[C@H]2/N=C/c2cccc(OCC)c2O)c1O. The molecule has 1 aliphatic carbocycles. The van der Waals surface area contributed by atoms with E-state index in [0.717, 1.165) is 25.7 Å². The van der Waals surface area contributed by atoms with Gasteiger partial charge in [0, 0.05) is 23.6 Å². The number of rotatable bonds is 8. The Morgan fingerprint density at radius 1 is 0.800 bits per heavy atom. The summed E-state index contributed by atoms with van der Waals surface area (Å²) in [5.74, 6) is 1.14. The number of aliphatic imine (C=N–C) groups is 2. The summed E-state index contributed by atoms with van der Waals surface area (Å²) >= 11 is 0. The summed E-state index contributed by atoms with van der Waals surface area (Å²) in [6.45, 7) is 4.75. The van der Waals surface area contributed by atoms with Crippen LogP contribution in [0.2, 0.25) is 0 Å². The van der Waals surface area contributed by atoms with Gasteiger partial charge in [-0.15, -0.1) is 0 Å². The highest BCUT2D eigenvalue weighted by atomic mass is 16.5. The van der Waals surface area contributed by atoms with Crippen LogP contribution >= 0.6 is 0 Å². The van der Waals surface area contributed by atoms with E-state index in [9.17, 15) is 10.2 Å². The Bertz CT molecular complexity index is 821. The molecule has 0 aliphatic heterocycles. The standard InChI is InChI=1S/C24H30N2O4/c1-3-29-21-13-7-9-17(23(21)27)15-25-19-11-5-6-12-20(19)26-16-18-10-8-14-22(24(18)28)30-4-2/h7-10,13-16,19-20,27-28H,3-6,11-12H2,1-2H3/b25-15+,26-16+/t19-,20-/m1/s1. The Hall–Kier alpha value is -3.02. The van der Waals surface area contributed by atoms with Gasteiger partial charge in [0.25, 0.3) is 0 Å². The topological polar surface area (TPSA) is 83.6 Å². The molecule has 0 spiro atoms. The van der Waals surface area contributed by atoms with Gasteiger partial charge in [0.2, 0.25) is 0 Å². The lowest BCUT2D eigenvalue weighted by Crippen LogP contribution is -2.27. The third-order valence-corrected chi connectivity index (χ3v) is 5.16. The molecular weight excluding hydrogens is 380 g/mol. The largest absolute Gasteiger partial charge is 0.504 e. The Balaban J connectivity index is 1.76. The van der Waals surface area contributed by atoms with Crippen molar-refractivity contribution < 1.29 is 19.7 Å². The van der Waals surface area contributed by atoms with Gasteiger partial charge in [0.05, 0.1) is 25.3 Å². The van der Waals surface area contributed by atoms with E-state index in [4.69, 9.17) is 19.5 Å². The molecule has 0 saturated heterocycles. The Morgan fingerprint density at radius 3 is 1.63 bits per heavy atom. The quantitative estimate of drug-likeness (QED) is 0.616. The molecule has 0 aromatic heterocycles. The average Bonchev–Trinajstić information content (AvgIpc) is 2.76. The van der Waals surface area contributed by atoms with E-state index in [1.807, 2.05) is 38.1 Å². The summed E-state index contributed by atoms with van der Waals surface area (Å²) in [5.41, 5.74) is 1.27. The zero-order valence-electron chi connectivity index (χ0n) is 17.6. The summed E-state index contributed by atoms with van der Waals surface area (Å²) in [5, 5.41) is 20.8. The fourth-order valence-corrected chi connectivity index (χ4v) is 3.62. The van der Waals surface area contributed by atoms with Crippen molar-refractivity contribution in [3.05, 3.63) is 47.5 Å². The monoisotopic (exact) mass is 410 g/mol. The summed E-state index contributed by atoms with van der Waals surface area (Å²) in [7, 11) is 0. The first kappa shape index (κ1) is 21.7. The van der Waals surface area contributed by atoms with E-state index in [-0.39, 0.29) is 23.6 Å². The van der Waals surface area contributed by atoms with Crippen molar-refractivity contribution in [2.24, 2.45) is 9.98 Å². The van der Waals surface area contributed by atoms with Crippen molar-refractivity contribution in [2.75, 3.05) is 13.2 Å². The first-order valence-corrected chi connectivity index (χ1v) is 10.6. The lowest BCUT2D eigenvalue weighted by molar-refractivity contribution is 0.318. The normalized spacial score (nSPS) is 19.4. The van der Waals surface area contributed by atoms with Gasteiger partial charge in [0.15, 0.2) is 23.0 Å². The van der Waals surface area contributed by atoms with E-state index < -0.39 is 0 Å². The van der Waals surface area contributed by atoms with E-state index in [0.29, 0.717) is 35.8 Å². The number of hydrogen-bond acceptors (Lipinski definition) is 6. The minimum Gasteiger partial charge on any atom is -0.504 e. The van der Waals surface area contributed by atoms with Crippen molar-refractivity contribution in [1.29, 1.82) is 0 Å². The molecule has 0 amide bonds. The Labute approximate surface area is 177 Å². The molecule has 1 aliphatic rings. The predicted octanol–water partition coefficient (Wildman–Crippen LogP) is 4.74. The van der Waals surface area contributed by atoms with Crippen LogP contribution in [0.15, 0.2) is 46.4 Å². The van der Waals surface area contributed by atoms with Crippen LogP contribution in [0.5, 0.6) is 23.0 Å². The maximum atomic E-state index is 10.4. The fourth-order valence-electron chi connectivity index (χ4n) is 3.62. The van der Waals surface area contributed by atoms with Crippen molar-refractivity contribution in [3.8, 4) is 23.0 Å². The lowest BCUT2D eigenvalue weighted by atomic mass is 9.91. The highest BCUT2D eigenvalue weighted by Crippen LogP contribution is 2.31. The van der Waals surface area contributed by atoms with Crippen molar-refractivity contribution in [1.82, 2.24) is 0 Å². The van der Waals surface area contributed by atoms with Crippen LogP contribution in [-0.4, -0.2) is 47.9 Å². The third-order valence-electron chi connectivity index (χ3n) is 5.16. The fraction of sp³-hybridized carbons (Fsp3) is 0.417. The van der Waals surface area contributed by atoms with E-state index in [2.05, 4.69) is 0 Å². The number of ether oxygens (including phenoxy) is 2. The lowest BCUT2D eigenvalue weighted by Gasteiger charge is -2.25. The van der Waals surface area contributed by atoms with E-state index in [1.165, 1.54) is 0 Å². The molecule has 2 atom stereocenters. The van der Waals surface area contributed by atoms with E-state index in [1.54, 1.807) is 24.6 Å². The number of hydrogen-bond donors (Lipinski definition) is 2. The molecule has 0 bridgehead atoms. The zero-order chi connectivity index (χ0) is 21.3. The van der Waals surface area contributed by atoms with E-state index >= 15 is 0 Å². The van der Waals surface area contributed by atoms with Gasteiger partial charge in [-0.25, -0.2) is 0 Å². The molecule has 2 aromatic carbocycles. The molecule has 1 saturated carbocycles. The van der Waals surface area contributed by atoms with Crippen LogP contribution in [0.1, 0.15) is 50.7 Å². The van der Waals surface area contributed by atoms with Gasteiger partial charge in [-0.1, -0.05) is 25.0 Å². The van der Waals surface area contributed by atoms with Crippen LogP contribution in [0, 0.1) is 0 Å². The third kappa shape index (κ3) is 5.32. The second-order valence-electron chi connectivity index (χ2n) is 7.23. The molecule has 0 radical (unpaired) electrons. The van der Waals surface area contributed by atoms with Gasteiger partial charge >= 0.3 is 0 Å². The minimum atomic E-state index is 0.0300. The Morgan fingerprint density at radius 2 is 1.23 bits per heavy atom. The van der Waals surface area contributed by atoms with Gasteiger partial charge in [0.1, 0.15) is 0 Å². The second kappa shape index (κ2) is 10.7. The molecule has 3 rings (SSSR count). The van der Waals surface area contributed by atoms with Gasteiger partial charge < -0.3 is 19.7 Å². The maximum absolute atomic E-state index is 10.4. The van der Waals surface area contributed by atoms with Crippen LogP contribution in [0.4, 0.5) is 0 Å². The highest BCUT2D eigenvalue weighted by Gasteiger charge is 2.23. The first-order valence-electron chi connectivity index (χ1n) is 10.6. The molecule has 0 unspecified atom stereocenters. The molecular formula is C24H30N2O4. The molecule has 160 valence electrons. The molecule has 2 aromatic rings. The number of nitrogens with zero attached hydrogens (tertiary/aromatic N) is 2. The summed E-state index contributed by atoms with van der Waals surface area (Å²) in [6, 6.07) is 10.9. The maximum Gasteiger partial charge on any atom is 0.166 e. The van der Waals surface area contributed by atoms with Crippen LogP contribution < -0.4 is 9.47 Å². The van der Waals surface area contributed by atoms with Gasteiger partial charge in [-0.05, 0) is 51.0 Å². The van der Waals surface area contributed by atoms with Crippen LogP contribution in [-0.2, 0) is 0 Å². The molecule has 6 nitrogen and oxygen atoms in total. The number of phenolic OH excluding ortho intramolecular Hbond substituents is 2. The number of para-hydroxylation sites is 2. The number of phenols is 2. The van der Waals surface area contributed by atoms with Crippen LogP contribution in [0.3, 0.4) is 0 Å². The smallest absolute Gasteiger partial charge is 0.166 e. The second-order valence-corrected chi connectivity index (χ2v) is 7.23. The van der Waals surface area contributed by atoms with Crippen LogP contribution in [0.25, 0.3) is 0 Å². The Kier molecular flexibility index (Phi) is 7.71. The molecule has 30 heavy (non-hydrogen) atoms. The van der Waals surface area contributed by atoms with Gasteiger partial charge in [-0.2, -0.15) is 0 Å². The summed E-state index contributed by atoms with van der Waals surface area (Å²) < 4.78 is 10.9. The first-order chi connectivity index (χ1) is 14.6. The number of aromatic hydroxyl groups is 2. The van der Waals surface area contributed by atoms with Crippen molar-refractivity contribution >= 4 is 12.4 Å². The summed E-state index contributed by atoms with van der Waals surface area (Å²) in [4.78, 5) is 9.47. The molecule has 0 heterocycles. The highest BCUT2D eigenvalue weighted by molar-refractivity contribution is 5.86. The minimum absolute atomic E-state index is 0.0300. The molecule has 2 N–H and O–H groups in total.